The Bertz CT molecular complexity index is 172. The molecule has 0 radical (unpaired) electrons. The molecule has 0 aliphatic carbocycles. The van der Waals surface area contributed by atoms with E-state index < -0.39 is 0 Å². The molecule has 2 aliphatic rings. The lowest BCUT2D eigenvalue weighted by Crippen LogP contribution is -2.47. The molecule has 1 N–H and O–H groups in total. The van der Waals surface area contributed by atoms with Crippen LogP contribution in [0.4, 0.5) is 0 Å². The maximum absolute atomic E-state index is 3.62. The molecule has 2 rings (SSSR count). The molecule has 82 valence electrons. The molecule has 0 aromatic carbocycles. The third-order valence-electron chi connectivity index (χ3n) is 3.33. The van der Waals surface area contributed by atoms with E-state index >= 15 is 0 Å². The van der Waals surface area contributed by atoms with Crippen molar-refractivity contribution in [2.75, 3.05) is 25.4 Å². The minimum absolute atomic E-state index is 0.511. The van der Waals surface area contributed by atoms with Crippen LogP contribution in [-0.2, 0) is 0 Å². The summed E-state index contributed by atoms with van der Waals surface area (Å²) in [6.45, 7) is 6.07. The van der Waals surface area contributed by atoms with Crippen molar-refractivity contribution in [3.8, 4) is 0 Å². The van der Waals surface area contributed by atoms with E-state index in [0.717, 1.165) is 6.54 Å². The Morgan fingerprint density at radius 1 is 1.21 bits per heavy atom. The van der Waals surface area contributed by atoms with Gasteiger partial charge in [-0.25, -0.2) is 5.01 Å². The van der Waals surface area contributed by atoms with E-state index in [0.29, 0.717) is 4.75 Å². The number of nitrogens with one attached hydrogen (secondary N) is 1. The van der Waals surface area contributed by atoms with E-state index in [4.69, 9.17) is 0 Å². The topological polar surface area (TPSA) is 15.3 Å². The highest BCUT2D eigenvalue weighted by Crippen LogP contribution is 2.37. The van der Waals surface area contributed by atoms with Crippen molar-refractivity contribution in [2.24, 2.45) is 0 Å². The van der Waals surface area contributed by atoms with Gasteiger partial charge in [-0.05, 0) is 38.4 Å². The van der Waals surface area contributed by atoms with Gasteiger partial charge in [0.05, 0.1) is 0 Å². The average molecular weight is 214 g/mol. The largest absolute Gasteiger partial charge is 0.254 e. The van der Waals surface area contributed by atoms with Crippen LogP contribution in [0.5, 0.6) is 0 Å². The van der Waals surface area contributed by atoms with Gasteiger partial charge in [0.1, 0.15) is 0 Å². The van der Waals surface area contributed by atoms with Crippen molar-refractivity contribution in [3.05, 3.63) is 0 Å². The van der Waals surface area contributed by atoms with E-state index in [1.54, 1.807) is 0 Å². The molecule has 2 heterocycles. The van der Waals surface area contributed by atoms with Crippen molar-refractivity contribution in [2.45, 2.75) is 43.8 Å². The molecule has 2 fully saturated rings. The molecule has 2 aliphatic heterocycles. The van der Waals surface area contributed by atoms with Crippen molar-refractivity contribution >= 4 is 11.8 Å². The number of thioether (sulfide) groups is 1. The number of nitrogens with zero attached hydrogens (tertiary/aromatic N) is 1. The second-order valence-corrected chi connectivity index (χ2v) is 6.47. The van der Waals surface area contributed by atoms with E-state index in [-0.39, 0.29) is 0 Å². The van der Waals surface area contributed by atoms with Crippen LogP contribution in [0.3, 0.4) is 0 Å². The number of hydrogen-bond donors (Lipinski definition) is 1. The molecule has 2 saturated heterocycles. The highest BCUT2D eigenvalue weighted by molar-refractivity contribution is 8.00. The summed E-state index contributed by atoms with van der Waals surface area (Å²) in [7, 11) is 0. The standard InChI is InChI=1S/C11H22N2S/c1-11(6-5-9-14-11)10-12-13-7-3-2-4-8-13/h12H,2-10H2,1H3. The van der Waals surface area contributed by atoms with Gasteiger partial charge in [0.2, 0.25) is 0 Å². The summed E-state index contributed by atoms with van der Waals surface area (Å²) in [4.78, 5) is 0. The Balaban J connectivity index is 1.70. The van der Waals surface area contributed by atoms with Gasteiger partial charge in [-0.2, -0.15) is 11.8 Å². The lowest BCUT2D eigenvalue weighted by Gasteiger charge is -2.31. The van der Waals surface area contributed by atoms with Crippen LogP contribution in [0.1, 0.15) is 39.0 Å². The normalized spacial score (nSPS) is 34.9. The molecule has 1 unspecified atom stereocenters. The molecule has 1 atom stereocenters. The minimum atomic E-state index is 0.511. The van der Waals surface area contributed by atoms with Gasteiger partial charge in [-0.15, -0.1) is 0 Å². The predicted octanol–water partition coefficient (Wildman–Crippen LogP) is 2.26. The zero-order valence-corrected chi connectivity index (χ0v) is 10.0. The summed E-state index contributed by atoms with van der Waals surface area (Å²) in [6, 6.07) is 0. The fraction of sp³-hybridized carbons (Fsp3) is 1.00. The Hall–Kier alpha value is 0.270. The predicted molar refractivity (Wildman–Crippen MR) is 63.5 cm³/mol. The van der Waals surface area contributed by atoms with E-state index in [1.807, 2.05) is 0 Å². The fourth-order valence-corrected chi connectivity index (χ4v) is 3.54. The van der Waals surface area contributed by atoms with E-state index in [1.165, 1.54) is 50.9 Å². The molecule has 0 aromatic rings. The summed E-state index contributed by atoms with van der Waals surface area (Å²) in [6.07, 6.45) is 6.96. The zero-order valence-electron chi connectivity index (χ0n) is 9.22. The van der Waals surface area contributed by atoms with Crippen LogP contribution in [0.25, 0.3) is 0 Å². The average Bonchev–Trinajstić information content (AvgIpc) is 2.65. The highest BCUT2D eigenvalue weighted by Gasteiger charge is 2.29. The van der Waals surface area contributed by atoms with Gasteiger partial charge in [-0.1, -0.05) is 6.42 Å². The third-order valence-corrected chi connectivity index (χ3v) is 4.87. The van der Waals surface area contributed by atoms with E-state index in [2.05, 4.69) is 29.1 Å². The van der Waals surface area contributed by atoms with Crippen LogP contribution < -0.4 is 5.43 Å². The van der Waals surface area contributed by atoms with Crippen molar-refractivity contribution in [3.63, 3.8) is 0 Å². The first-order chi connectivity index (χ1) is 6.79. The molecular weight excluding hydrogens is 192 g/mol. The Kier molecular flexibility index (Phi) is 3.74. The molecule has 3 heteroatoms. The fourth-order valence-electron chi connectivity index (χ4n) is 2.31. The van der Waals surface area contributed by atoms with Crippen LogP contribution >= 0.6 is 11.8 Å². The molecule has 0 saturated carbocycles. The van der Waals surface area contributed by atoms with Gasteiger partial charge in [0.25, 0.3) is 0 Å². The number of rotatable bonds is 3. The molecule has 0 bridgehead atoms. The lowest BCUT2D eigenvalue weighted by molar-refractivity contribution is 0.148. The van der Waals surface area contributed by atoms with Crippen molar-refractivity contribution in [1.82, 2.24) is 10.4 Å². The summed E-state index contributed by atoms with van der Waals surface area (Å²) in [5.41, 5.74) is 3.62. The molecule has 14 heavy (non-hydrogen) atoms. The Morgan fingerprint density at radius 2 is 2.00 bits per heavy atom. The molecule has 0 aromatic heterocycles. The quantitative estimate of drug-likeness (QED) is 0.776. The molecular formula is C11H22N2S. The number of hydrazine groups is 1. The van der Waals surface area contributed by atoms with Gasteiger partial charge >= 0.3 is 0 Å². The van der Waals surface area contributed by atoms with Gasteiger partial charge in [0.15, 0.2) is 0 Å². The van der Waals surface area contributed by atoms with Crippen molar-refractivity contribution in [1.29, 1.82) is 0 Å². The smallest absolute Gasteiger partial charge is 0.0270 e. The first kappa shape index (κ1) is 10.8. The minimum Gasteiger partial charge on any atom is -0.254 e. The summed E-state index contributed by atoms with van der Waals surface area (Å²) >= 11 is 2.14. The van der Waals surface area contributed by atoms with Gasteiger partial charge in [-0.3, -0.25) is 5.43 Å². The SMILES string of the molecule is CC1(CNN2CCCCC2)CCCS1. The maximum atomic E-state index is 3.62. The van der Waals surface area contributed by atoms with Gasteiger partial charge < -0.3 is 0 Å². The summed E-state index contributed by atoms with van der Waals surface area (Å²) in [5, 5.41) is 2.42. The zero-order chi connectivity index (χ0) is 9.86. The second kappa shape index (κ2) is 4.86. The molecule has 0 spiro atoms. The number of hydrogen-bond acceptors (Lipinski definition) is 3. The molecule has 0 amide bonds. The summed E-state index contributed by atoms with van der Waals surface area (Å²) in [5.74, 6) is 1.36. The van der Waals surface area contributed by atoms with Crippen molar-refractivity contribution < 1.29 is 0 Å². The Morgan fingerprint density at radius 3 is 2.64 bits per heavy atom. The second-order valence-electron chi connectivity index (χ2n) is 4.78. The molecule has 2 nitrogen and oxygen atoms in total. The van der Waals surface area contributed by atoms with Crippen LogP contribution in [-0.4, -0.2) is 35.1 Å². The first-order valence-electron chi connectivity index (χ1n) is 5.91. The van der Waals surface area contributed by atoms with E-state index in [9.17, 15) is 0 Å². The van der Waals surface area contributed by atoms with Gasteiger partial charge in [0, 0.05) is 24.4 Å². The van der Waals surface area contributed by atoms with Crippen LogP contribution in [0.2, 0.25) is 0 Å². The van der Waals surface area contributed by atoms with Crippen LogP contribution in [0, 0.1) is 0 Å². The third kappa shape index (κ3) is 2.88. The van der Waals surface area contributed by atoms with Crippen LogP contribution in [0.15, 0.2) is 0 Å². The maximum Gasteiger partial charge on any atom is 0.0270 e. The summed E-state index contributed by atoms with van der Waals surface area (Å²) < 4.78 is 0.511. The lowest BCUT2D eigenvalue weighted by atomic mass is 10.1. The Labute approximate surface area is 91.8 Å². The number of piperidine rings is 1. The first-order valence-corrected chi connectivity index (χ1v) is 6.90. The monoisotopic (exact) mass is 214 g/mol. The highest BCUT2D eigenvalue weighted by atomic mass is 32.2.